The average Bonchev–Trinajstić information content (AvgIpc) is 3.18. The average molecular weight is 410 g/mol. The van der Waals surface area contributed by atoms with Crippen LogP contribution in [-0.2, 0) is 21.2 Å². The summed E-state index contributed by atoms with van der Waals surface area (Å²) in [5.74, 6) is -1.07. The Morgan fingerprint density at radius 1 is 1.00 bits per heavy atom. The van der Waals surface area contributed by atoms with Crippen molar-refractivity contribution < 1.29 is 18.3 Å². The maximum absolute atomic E-state index is 12.7. The van der Waals surface area contributed by atoms with E-state index in [2.05, 4.69) is 6.92 Å². The van der Waals surface area contributed by atoms with Crippen molar-refractivity contribution in [3.63, 3.8) is 0 Å². The molecule has 1 saturated heterocycles. The molecule has 1 aromatic rings. The molecule has 0 aromatic heterocycles. The Hall–Kier alpha value is -1.40. The summed E-state index contributed by atoms with van der Waals surface area (Å²) in [6.45, 7) is 2.51. The minimum Gasteiger partial charge on any atom is -0.480 e. The van der Waals surface area contributed by atoms with Crippen LogP contribution < -0.4 is 0 Å². The molecule has 6 heteroatoms. The van der Waals surface area contributed by atoms with E-state index >= 15 is 0 Å². The van der Waals surface area contributed by atoms with Gasteiger partial charge in [0.05, 0.1) is 4.90 Å². The van der Waals surface area contributed by atoms with Crippen LogP contribution in [0, 0.1) is 0 Å². The van der Waals surface area contributed by atoms with Crippen LogP contribution in [0.3, 0.4) is 0 Å². The van der Waals surface area contributed by atoms with Gasteiger partial charge < -0.3 is 5.11 Å². The van der Waals surface area contributed by atoms with Gasteiger partial charge in [-0.25, -0.2) is 8.42 Å². The summed E-state index contributed by atoms with van der Waals surface area (Å²) in [6.07, 6.45) is 13.5. The molecule has 1 fully saturated rings. The number of carboxylic acid groups (broad SMARTS) is 1. The molecule has 1 unspecified atom stereocenters. The lowest BCUT2D eigenvalue weighted by atomic mass is 10.0. The van der Waals surface area contributed by atoms with Gasteiger partial charge in [0.1, 0.15) is 6.04 Å². The van der Waals surface area contributed by atoms with Gasteiger partial charge in [-0.3, -0.25) is 4.79 Å². The fraction of sp³-hybridized carbons (Fsp3) is 0.682. The molecule has 1 N–H and O–H groups in total. The van der Waals surface area contributed by atoms with Gasteiger partial charge in [-0.15, -0.1) is 0 Å². The number of hydrogen-bond donors (Lipinski definition) is 1. The molecule has 1 aliphatic heterocycles. The third-order valence-electron chi connectivity index (χ3n) is 5.59. The van der Waals surface area contributed by atoms with Gasteiger partial charge in [0.15, 0.2) is 0 Å². The van der Waals surface area contributed by atoms with Crippen LogP contribution in [0.1, 0.15) is 83.1 Å². The first-order valence-corrected chi connectivity index (χ1v) is 12.2. The van der Waals surface area contributed by atoms with E-state index in [-0.39, 0.29) is 11.4 Å². The maximum atomic E-state index is 12.7. The second-order valence-electron chi connectivity index (χ2n) is 7.83. The molecule has 1 aliphatic rings. The van der Waals surface area contributed by atoms with Crippen LogP contribution in [0.4, 0.5) is 0 Å². The largest absolute Gasteiger partial charge is 0.480 e. The quantitative estimate of drug-likeness (QED) is 0.465. The Morgan fingerprint density at radius 3 is 2.14 bits per heavy atom. The third-order valence-corrected chi connectivity index (χ3v) is 7.51. The lowest BCUT2D eigenvalue weighted by molar-refractivity contribution is -0.140. The zero-order chi connectivity index (χ0) is 20.4. The van der Waals surface area contributed by atoms with E-state index in [1.807, 2.05) is 12.1 Å². The third kappa shape index (κ3) is 6.59. The molecule has 28 heavy (non-hydrogen) atoms. The molecule has 0 saturated carbocycles. The van der Waals surface area contributed by atoms with E-state index in [0.717, 1.165) is 22.7 Å². The van der Waals surface area contributed by atoms with Crippen molar-refractivity contribution in [2.24, 2.45) is 0 Å². The van der Waals surface area contributed by atoms with Crippen molar-refractivity contribution in [2.45, 2.75) is 94.9 Å². The lowest BCUT2D eigenvalue weighted by Gasteiger charge is -2.21. The van der Waals surface area contributed by atoms with Crippen molar-refractivity contribution in [3.05, 3.63) is 29.8 Å². The monoisotopic (exact) mass is 409 g/mol. The standard InChI is InChI=1S/C22H35NO4S/c1-2-3-4-5-6-7-8-9-10-12-19-14-16-20(17-15-19)28(26,27)23-18-11-13-21(23)22(24)25/h14-17,21H,2-13,18H2,1H3,(H,24,25). The van der Waals surface area contributed by atoms with Crippen molar-refractivity contribution in [3.8, 4) is 0 Å². The normalized spacial score (nSPS) is 17.8. The highest BCUT2D eigenvalue weighted by atomic mass is 32.2. The highest BCUT2D eigenvalue weighted by Crippen LogP contribution is 2.26. The highest BCUT2D eigenvalue weighted by Gasteiger charge is 2.39. The van der Waals surface area contributed by atoms with E-state index in [0.29, 0.717) is 12.8 Å². The molecule has 5 nitrogen and oxygen atoms in total. The Morgan fingerprint density at radius 2 is 1.57 bits per heavy atom. The second kappa shape index (κ2) is 11.6. The zero-order valence-electron chi connectivity index (χ0n) is 17.1. The van der Waals surface area contributed by atoms with Crippen LogP contribution in [0.25, 0.3) is 0 Å². The molecule has 0 amide bonds. The van der Waals surface area contributed by atoms with E-state index in [1.54, 1.807) is 12.1 Å². The van der Waals surface area contributed by atoms with Gasteiger partial charge in [-0.05, 0) is 43.4 Å². The Labute approximate surface area is 170 Å². The first-order chi connectivity index (χ1) is 13.5. The van der Waals surface area contributed by atoms with Crippen LogP contribution >= 0.6 is 0 Å². The van der Waals surface area contributed by atoms with E-state index in [4.69, 9.17) is 0 Å². The highest BCUT2D eigenvalue weighted by molar-refractivity contribution is 7.89. The van der Waals surface area contributed by atoms with E-state index in [9.17, 15) is 18.3 Å². The first kappa shape index (κ1) is 22.9. The number of unbranched alkanes of at least 4 members (excludes halogenated alkanes) is 8. The molecule has 0 bridgehead atoms. The Bertz CT molecular complexity index is 700. The first-order valence-electron chi connectivity index (χ1n) is 10.8. The Balaban J connectivity index is 1.76. The number of aliphatic carboxylic acids is 1. The molecule has 1 atom stereocenters. The number of carboxylic acids is 1. The fourth-order valence-electron chi connectivity index (χ4n) is 3.88. The molecule has 1 aromatic carbocycles. The maximum Gasteiger partial charge on any atom is 0.322 e. The molecule has 158 valence electrons. The lowest BCUT2D eigenvalue weighted by Crippen LogP contribution is -2.40. The number of sulfonamides is 1. The van der Waals surface area contributed by atoms with Crippen molar-refractivity contribution in [2.75, 3.05) is 6.54 Å². The summed E-state index contributed by atoms with van der Waals surface area (Å²) in [7, 11) is -3.74. The number of benzene rings is 1. The molecular formula is C22H35NO4S. The van der Waals surface area contributed by atoms with Gasteiger partial charge in [0, 0.05) is 6.54 Å². The van der Waals surface area contributed by atoms with E-state index in [1.165, 1.54) is 51.4 Å². The number of rotatable bonds is 13. The fourth-order valence-corrected chi connectivity index (χ4v) is 5.53. The van der Waals surface area contributed by atoms with E-state index < -0.39 is 22.0 Å². The summed E-state index contributed by atoms with van der Waals surface area (Å²) in [5.41, 5.74) is 1.14. The summed E-state index contributed by atoms with van der Waals surface area (Å²) in [5, 5.41) is 9.24. The summed E-state index contributed by atoms with van der Waals surface area (Å²) >= 11 is 0. The molecule has 0 radical (unpaired) electrons. The number of carbonyl (C=O) groups is 1. The van der Waals surface area contributed by atoms with Crippen molar-refractivity contribution in [1.29, 1.82) is 0 Å². The van der Waals surface area contributed by atoms with Gasteiger partial charge in [0.2, 0.25) is 10.0 Å². The van der Waals surface area contributed by atoms with Crippen LogP contribution in [0.2, 0.25) is 0 Å². The summed E-state index contributed by atoms with van der Waals surface area (Å²) < 4.78 is 26.6. The summed E-state index contributed by atoms with van der Waals surface area (Å²) in [4.78, 5) is 11.5. The van der Waals surface area contributed by atoms with Gasteiger partial charge in [-0.1, -0.05) is 70.4 Å². The van der Waals surface area contributed by atoms with Crippen molar-refractivity contribution in [1.82, 2.24) is 4.31 Å². The second-order valence-corrected chi connectivity index (χ2v) is 9.72. The number of aryl methyl sites for hydroxylation is 1. The van der Waals surface area contributed by atoms with Crippen LogP contribution in [0.15, 0.2) is 29.2 Å². The molecule has 1 heterocycles. The molecule has 0 spiro atoms. The molecular weight excluding hydrogens is 374 g/mol. The van der Waals surface area contributed by atoms with Crippen LogP contribution in [-0.4, -0.2) is 36.4 Å². The SMILES string of the molecule is CCCCCCCCCCCc1ccc(S(=O)(=O)N2CCCC2C(=O)O)cc1. The van der Waals surface area contributed by atoms with Crippen molar-refractivity contribution >= 4 is 16.0 Å². The predicted molar refractivity (Wildman–Crippen MR) is 112 cm³/mol. The van der Waals surface area contributed by atoms with Gasteiger partial charge >= 0.3 is 5.97 Å². The molecule has 2 rings (SSSR count). The smallest absolute Gasteiger partial charge is 0.322 e. The predicted octanol–water partition coefficient (Wildman–Crippen LogP) is 5.00. The van der Waals surface area contributed by atoms with Gasteiger partial charge in [-0.2, -0.15) is 4.31 Å². The zero-order valence-corrected chi connectivity index (χ0v) is 17.9. The number of hydrogen-bond acceptors (Lipinski definition) is 3. The topological polar surface area (TPSA) is 74.7 Å². The van der Waals surface area contributed by atoms with Gasteiger partial charge in [0.25, 0.3) is 0 Å². The Kier molecular flexibility index (Phi) is 9.45. The minimum atomic E-state index is -3.74. The minimum absolute atomic E-state index is 0.191. The molecule has 0 aliphatic carbocycles. The summed E-state index contributed by atoms with van der Waals surface area (Å²) in [6, 6.07) is 6.03. The van der Waals surface area contributed by atoms with Crippen LogP contribution in [0.5, 0.6) is 0 Å². The number of nitrogens with zero attached hydrogens (tertiary/aromatic N) is 1.